The van der Waals surface area contributed by atoms with Gasteiger partial charge >= 0.3 is 0 Å². The van der Waals surface area contributed by atoms with Gasteiger partial charge in [0.25, 0.3) is 0 Å². The van der Waals surface area contributed by atoms with Crippen LogP contribution in [0.4, 0.5) is 0 Å². The number of pyridine rings is 1. The van der Waals surface area contributed by atoms with Crippen LogP contribution in [0.2, 0.25) is 0 Å². The molecule has 0 unspecified atom stereocenters. The van der Waals surface area contributed by atoms with Crippen LogP contribution in [0.1, 0.15) is 0 Å². The molecule has 11 aromatic rings. The molecule has 0 amide bonds. The van der Waals surface area contributed by atoms with Crippen molar-refractivity contribution in [2.45, 2.75) is 0 Å². The second-order valence-corrected chi connectivity index (χ2v) is 13.2. The summed E-state index contributed by atoms with van der Waals surface area (Å²) in [6.45, 7) is 0. The van der Waals surface area contributed by atoms with Crippen molar-refractivity contribution in [3.8, 4) is 28.5 Å². The Labute approximate surface area is 293 Å². The van der Waals surface area contributed by atoms with Crippen LogP contribution in [0.25, 0.3) is 93.9 Å². The Balaban J connectivity index is 1.16. The first-order valence-corrected chi connectivity index (χ1v) is 17.4. The molecule has 0 bridgehead atoms. The number of hydrogen-bond donors (Lipinski definition) is 0. The van der Waals surface area contributed by atoms with E-state index in [1.807, 2.05) is 0 Å². The van der Waals surface area contributed by atoms with E-state index in [4.69, 9.17) is 4.98 Å². The predicted molar refractivity (Wildman–Crippen MR) is 213 cm³/mol. The topological polar surface area (TPSA) is 27.7 Å². The lowest BCUT2D eigenvalue weighted by atomic mass is 10.1. The quantitative estimate of drug-likeness (QED) is 0.186. The summed E-state index contributed by atoms with van der Waals surface area (Å²) in [6.07, 6.45) is 0. The maximum Gasteiger partial charge on any atom is 0.138 e. The van der Waals surface area contributed by atoms with Crippen LogP contribution < -0.4 is 0 Å². The lowest BCUT2D eigenvalue weighted by Gasteiger charge is -2.12. The van der Waals surface area contributed by atoms with E-state index in [0.717, 1.165) is 39.5 Å². The maximum atomic E-state index is 5.31. The van der Waals surface area contributed by atoms with E-state index in [1.165, 1.54) is 54.4 Å². The Kier molecular flexibility index (Phi) is 5.92. The largest absolute Gasteiger partial charge is 0.309 e. The van der Waals surface area contributed by atoms with Gasteiger partial charge < -0.3 is 9.13 Å². The van der Waals surface area contributed by atoms with Crippen molar-refractivity contribution < 1.29 is 0 Å². The summed E-state index contributed by atoms with van der Waals surface area (Å²) in [5.74, 6) is 0.905. The Morgan fingerprint density at radius 1 is 0.333 bits per heavy atom. The highest BCUT2D eigenvalue weighted by Gasteiger charge is 2.21. The standard InChI is InChI=1S/C47H30N4/c1-2-15-32(16-3-1)49-43-26-11-7-21-38(43)46-44(49)29-28-37-36-20-6-8-23-40(36)50(47(37)46)33-17-12-14-31(30-33)39-22-13-27-45(48-39)51-41-24-9-4-18-34(41)35-19-5-10-25-42(35)51/h1-30H. The first-order chi connectivity index (χ1) is 25.3. The molecule has 4 aromatic heterocycles. The molecule has 51 heavy (non-hydrogen) atoms. The van der Waals surface area contributed by atoms with E-state index in [0.29, 0.717) is 0 Å². The average molecular weight is 651 g/mol. The molecule has 0 saturated carbocycles. The van der Waals surface area contributed by atoms with E-state index in [-0.39, 0.29) is 0 Å². The molecule has 0 aliphatic carbocycles. The van der Waals surface area contributed by atoms with Gasteiger partial charge in [0.1, 0.15) is 5.82 Å². The molecule has 4 heteroatoms. The molecule has 0 spiro atoms. The second kappa shape index (κ2) is 10.8. The van der Waals surface area contributed by atoms with Gasteiger partial charge in [-0.2, -0.15) is 0 Å². The van der Waals surface area contributed by atoms with Gasteiger partial charge in [0, 0.05) is 49.3 Å². The van der Waals surface area contributed by atoms with Crippen LogP contribution in [0.3, 0.4) is 0 Å². The molecule has 0 saturated heterocycles. The Bertz CT molecular complexity index is 3090. The first kappa shape index (κ1) is 28.0. The fourth-order valence-electron chi connectivity index (χ4n) is 8.31. The molecule has 0 N–H and O–H groups in total. The highest BCUT2D eigenvalue weighted by atomic mass is 15.1. The third kappa shape index (κ3) is 4.05. The minimum Gasteiger partial charge on any atom is -0.309 e. The minimum atomic E-state index is 0.905. The maximum absolute atomic E-state index is 5.31. The second-order valence-electron chi connectivity index (χ2n) is 13.2. The molecule has 0 radical (unpaired) electrons. The molecule has 0 aliphatic heterocycles. The number of hydrogen-bond acceptors (Lipinski definition) is 1. The van der Waals surface area contributed by atoms with Gasteiger partial charge in [-0.3, -0.25) is 4.57 Å². The van der Waals surface area contributed by atoms with Crippen molar-refractivity contribution in [2.24, 2.45) is 0 Å². The third-order valence-corrected chi connectivity index (χ3v) is 10.4. The third-order valence-electron chi connectivity index (χ3n) is 10.4. The highest BCUT2D eigenvalue weighted by molar-refractivity contribution is 6.26. The highest BCUT2D eigenvalue weighted by Crippen LogP contribution is 2.42. The van der Waals surface area contributed by atoms with Crippen LogP contribution in [0.15, 0.2) is 182 Å². The Hall–Kier alpha value is -6.91. The van der Waals surface area contributed by atoms with E-state index >= 15 is 0 Å². The summed E-state index contributed by atoms with van der Waals surface area (Å²) >= 11 is 0. The zero-order valence-electron chi connectivity index (χ0n) is 27.6. The van der Waals surface area contributed by atoms with Crippen molar-refractivity contribution in [3.05, 3.63) is 182 Å². The van der Waals surface area contributed by atoms with Gasteiger partial charge in [0.15, 0.2) is 0 Å². The normalized spacial score (nSPS) is 11.9. The summed E-state index contributed by atoms with van der Waals surface area (Å²) in [7, 11) is 0. The van der Waals surface area contributed by atoms with Crippen LogP contribution in [0.5, 0.6) is 0 Å². The molecule has 0 fully saturated rings. The zero-order chi connectivity index (χ0) is 33.5. The number of aromatic nitrogens is 4. The van der Waals surface area contributed by atoms with Crippen LogP contribution >= 0.6 is 0 Å². The molecule has 4 nitrogen and oxygen atoms in total. The fourth-order valence-corrected chi connectivity index (χ4v) is 8.31. The number of fused-ring (bicyclic) bond motifs is 10. The number of para-hydroxylation sites is 5. The van der Waals surface area contributed by atoms with Crippen molar-refractivity contribution >= 4 is 65.4 Å². The average Bonchev–Trinajstić information content (AvgIpc) is 3.84. The van der Waals surface area contributed by atoms with E-state index in [9.17, 15) is 0 Å². The van der Waals surface area contributed by atoms with Gasteiger partial charge in [-0.1, -0.05) is 115 Å². The van der Waals surface area contributed by atoms with Crippen molar-refractivity contribution in [1.82, 2.24) is 18.7 Å². The van der Waals surface area contributed by atoms with Crippen LogP contribution in [-0.4, -0.2) is 18.7 Å². The monoisotopic (exact) mass is 650 g/mol. The summed E-state index contributed by atoms with van der Waals surface area (Å²) in [6, 6.07) is 65.2. The Morgan fingerprint density at radius 2 is 0.882 bits per heavy atom. The molecule has 0 aliphatic rings. The first-order valence-electron chi connectivity index (χ1n) is 17.4. The summed E-state index contributed by atoms with van der Waals surface area (Å²) in [5.41, 5.74) is 11.3. The lowest BCUT2D eigenvalue weighted by Crippen LogP contribution is -1.99. The summed E-state index contributed by atoms with van der Waals surface area (Å²) in [4.78, 5) is 5.31. The van der Waals surface area contributed by atoms with Crippen molar-refractivity contribution in [1.29, 1.82) is 0 Å². The SMILES string of the molecule is c1ccc(-n2c3ccccc3c3c2ccc2c4ccccc4n(-c4cccc(-c5cccc(-n6c7ccccc7c7ccccc76)n5)c4)c23)cc1. The Morgan fingerprint density at radius 3 is 1.59 bits per heavy atom. The molecular formula is C47H30N4. The van der Waals surface area contributed by atoms with Gasteiger partial charge in [0.2, 0.25) is 0 Å². The van der Waals surface area contributed by atoms with E-state index in [2.05, 4.69) is 196 Å². The van der Waals surface area contributed by atoms with Gasteiger partial charge in [-0.25, -0.2) is 4.98 Å². The van der Waals surface area contributed by atoms with Crippen molar-refractivity contribution in [3.63, 3.8) is 0 Å². The van der Waals surface area contributed by atoms with Gasteiger partial charge in [-0.05, 0) is 66.7 Å². The zero-order valence-corrected chi connectivity index (χ0v) is 27.6. The van der Waals surface area contributed by atoms with Crippen LogP contribution in [-0.2, 0) is 0 Å². The lowest BCUT2D eigenvalue weighted by molar-refractivity contribution is 1.08. The molecule has 11 rings (SSSR count). The smallest absolute Gasteiger partial charge is 0.138 e. The molecule has 4 heterocycles. The number of benzene rings is 7. The summed E-state index contributed by atoms with van der Waals surface area (Å²) < 4.78 is 7.13. The van der Waals surface area contributed by atoms with Crippen molar-refractivity contribution in [2.75, 3.05) is 0 Å². The fraction of sp³-hybridized carbons (Fsp3) is 0. The molecule has 0 atom stereocenters. The van der Waals surface area contributed by atoms with Gasteiger partial charge in [-0.15, -0.1) is 0 Å². The minimum absolute atomic E-state index is 0.905. The van der Waals surface area contributed by atoms with Gasteiger partial charge in [0.05, 0.1) is 38.8 Å². The molecule has 238 valence electrons. The molecule has 7 aromatic carbocycles. The number of nitrogens with zero attached hydrogens (tertiary/aromatic N) is 4. The summed E-state index contributed by atoms with van der Waals surface area (Å²) in [5, 5.41) is 7.43. The van der Waals surface area contributed by atoms with E-state index < -0.39 is 0 Å². The van der Waals surface area contributed by atoms with Crippen LogP contribution in [0, 0.1) is 0 Å². The number of rotatable bonds is 4. The molecular weight excluding hydrogens is 621 g/mol. The predicted octanol–water partition coefficient (Wildman–Crippen LogP) is 12.0. The van der Waals surface area contributed by atoms with E-state index in [1.54, 1.807) is 0 Å².